The molecule has 164 valence electrons. The van der Waals surface area contributed by atoms with Gasteiger partial charge in [0.1, 0.15) is 12.3 Å². The first-order chi connectivity index (χ1) is 14.3. The minimum absolute atomic E-state index is 0.0231. The number of hydrogen-bond acceptors (Lipinski definition) is 5. The van der Waals surface area contributed by atoms with Gasteiger partial charge in [0.05, 0.1) is 12.5 Å². The highest BCUT2D eigenvalue weighted by molar-refractivity contribution is 5.90. The third-order valence-corrected chi connectivity index (χ3v) is 4.43. The Bertz CT molecular complexity index is 738. The smallest absolute Gasteiger partial charge is 0.304 e. The maximum absolute atomic E-state index is 12.2. The van der Waals surface area contributed by atoms with Crippen LogP contribution in [0.4, 0.5) is 0 Å². The first-order valence-corrected chi connectivity index (χ1v) is 9.85. The van der Waals surface area contributed by atoms with Gasteiger partial charge in [-0.2, -0.15) is 0 Å². The molecule has 3 unspecified atom stereocenters. The standard InChI is InChI=1S/C21H29N3O6/c1-3-17(24-20(29)14(2)11-19(27)28)21(30)22-10-9-18(26)23-16(13-25)12-15-7-5-4-6-8-15/h4-8,13-14,16-17H,3,9-12H2,1-2H3,(H,22,30)(H,23,26)(H,24,29)(H,27,28). The number of carbonyl (C=O) groups excluding carboxylic acids is 4. The van der Waals surface area contributed by atoms with E-state index in [0.717, 1.165) is 5.56 Å². The van der Waals surface area contributed by atoms with Gasteiger partial charge < -0.3 is 25.9 Å². The van der Waals surface area contributed by atoms with Crippen molar-refractivity contribution in [2.24, 2.45) is 5.92 Å². The Labute approximate surface area is 175 Å². The molecule has 4 N–H and O–H groups in total. The highest BCUT2D eigenvalue weighted by Crippen LogP contribution is 2.04. The number of carbonyl (C=O) groups is 5. The summed E-state index contributed by atoms with van der Waals surface area (Å²) < 4.78 is 0. The lowest BCUT2D eigenvalue weighted by atomic mass is 10.1. The van der Waals surface area contributed by atoms with Crippen LogP contribution in [0.1, 0.15) is 38.7 Å². The number of rotatable bonds is 13. The van der Waals surface area contributed by atoms with E-state index in [1.165, 1.54) is 6.92 Å². The van der Waals surface area contributed by atoms with Crippen molar-refractivity contribution in [1.29, 1.82) is 0 Å². The van der Waals surface area contributed by atoms with E-state index in [2.05, 4.69) is 16.0 Å². The molecule has 1 aromatic carbocycles. The maximum atomic E-state index is 12.2. The van der Waals surface area contributed by atoms with Crippen LogP contribution in [0.25, 0.3) is 0 Å². The lowest BCUT2D eigenvalue weighted by Crippen LogP contribution is -2.48. The van der Waals surface area contributed by atoms with Gasteiger partial charge in [-0.05, 0) is 18.4 Å². The molecule has 0 spiro atoms. The fraction of sp³-hybridized carbons (Fsp3) is 0.476. The zero-order valence-corrected chi connectivity index (χ0v) is 17.2. The van der Waals surface area contributed by atoms with E-state index in [1.54, 1.807) is 6.92 Å². The van der Waals surface area contributed by atoms with Gasteiger partial charge in [0.15, 0.2) is 0 Å². The number of benzene rings is 1. The molecule has 0 heterocycles. The minimum atomic E-state index is -1.10. The molecule has 0 saturated carbocycles. The molecule has 9 heteroatoms. The first-order valence-electron chi connectivity index (χ1n) is 9.85. The Morgan fingerprint density at radius 3 is 2.30 bits per heavy atom. The first kappa shape index (κ1) is 24.8. The fourth-order valence-corrected chi connectivity index (χ4v) is 2.72. The summed E-state index contributed by atoms with van der Waals surface area (Å²) in [6.07, 6.45) is 1.01. The molecular weight excluding hydrogens is 390 g/mol. The Morgan fingerprint density at radius 2 is 1.73 bits per heavy atom. The number of nitrogens with one attached hydrogen (secondary N) is 3. The molecule has 0 aliphatic heterocycles. The summed E-state index contributed by atoms with van der Waals surface area (Å²) in [5, 5.41) is 16.4. The van der Waals surface area contributed by atoms with Crippen LogP contribution in [-0.4, -0.2) is 53.7 Å². The third-order valence-electron chi connectivity index (χ3n) is 4.43. The Hall–Kier alpha value is -3.23. The summed E-state index contributed by atoms with van der Waals surface area (Å²) in [4.78, 5) is 58.2. The van der Waals surface area contributed by atoms with Gasteiger partial charge in [-0.15, -0.1) is 0 Å². The highest BCUT2D eigenvalue weighted by atomic mass is 16.4. The van der Waals surface area contributed by atoms with E-state index in [-0.39, 0.29) is 25.3 Å². The van der Waals surface area contributed by atoms with Gasteiger partial charge in [0.2, 0.25) is 17.7 Å². The summed E-state index contributed by atoms with van der Waals surface area (Å²) in [5.74, 6) is -3.22. The van der Waals surface area contributed by atoms with Crippen molar-refractivity contribution < 1.29 is 29.1 Å². The van der Waals surface area contributed by atoms with Crippen molar-refractivity contribution in [2.45, 2.75) is 51.6 Å². The van der Waals surface area contributed by atoms with E-state index < -0.39 is 35.8 Å². The van der Waals surface area contributed by atoms with Crippen LogP contribution < -0.4 is 16.0 Å². The van der Waals surface area contributed by atoms with Gasteiger partial charge in [0.25, 0.3) is 0 Å². The lowest BCUT2D eigenvalue weighted by Gasteiger charge is -2.19. The second-order valence-electron chi connectivity index (χ2n) is 7.01. The van der Waals surface area contributed by atoms with Crippen LogP contribution in [0.15, 0.2) is 30.3 Å². The van der Waals surface area contributed by atoms with Crippen molar-refractivity contribution in [3.05, 3.63) is 35.9 Å². The summed E-state index contributed by atoms with van der Waals surface area (Å²) in [5.41, 5.74) is 0.918. The van der Waals surface area contributed by atoms with E-state index >= 15 is 0 Å². The molecule has 0 radical (unpaired) electrons. The summed E-state index contributed by atoms with van der Waals surface area (Å²) in [6.45, 7) is 3.22. The number of carboxylic acid groups (broad SMARTS) is 1. The molecule has 30 heavy (non-hydrogen) atoms. The zero-order valence-electron chi connectivity index (χ0n) is 17.2. The number of aliphatic carboxylic acids is 1. The predicted octanol–water partition coefficient (Wildman–Crippen LogP) is 0.425. The summed E-state index contributed by atoms with van der Waals surface area (Å²) >= 11 is 0. The molecule has 0 aliphatic carbocycles. The molecule has 3 amide bonds. The predicted molar refractivity (Wildman–Crippen MR) is 109 cm³/mol. The second-order valence-corrected chi connectivity index (χ2v) is 7.01. The molecule has 0 bridgehead atoms. The zero-order chi connectivity index (χ0) is 22.5. The molecule has 3 atom stereocenters. The van der Waals surface area contributed by atoms with Crippen molar-refractivity contribution >= 4 is 30.0 Å². The van der Waals surface area contributed by atoms with Gasteiger partial charge >= 0.3 is 5.97 Å². The quantitative estimate of drug-likeness (QED) is 0.342. The van der Waals surface area contributed by atoms with Crippen LogP contribution in [0.5, 0.6) is 0 Å². The number of hydrogen-bond donors (Lipinski definition) is 4. The van der Waals surface area contributed by atoms with Crippen LogP contribution in [-0.2, 0) is 30.4 Å². The molecular formula is C21H29N3O6. The Kier molecular flexibility index (Phi) is 10.8. The Morgan fingerprint density at radius 1 is 1.07 bits per heavy atom. The topological polar surface area (TPSA) is 142 Å². The number of aldehydes is 1. The molecule has 0 saturated heterocycles. The van der Waals surface area contributed by atoms with E-state index in [0.29, 0.717) is 19.1 Å². The Balaban J connectivity index is 2.41. The van der Waals surface area contributed by atoms with Crippen molar-refractivity contribution in [3.8, 4) is 0 Å². The monoisotopic (exact) mass is 419 g/mol. The molecule has 9 nitrogen and oxygen atoms in total. The van der Waals surface area contributed by atoms with Crippen molar-refractivity contribution in [3.63, 3.8) is 0 Å². The molecule has 1 aromatic rings. The minimum Gasteiger partial charge on any atom is -0.481 e. The van der Waals surface area contributed by atoms with E-state index in [9.17, 15) is 24.0 Å². The average Bonchev–Trinajstić information content (AvgIpc) is 2.71. The van der Waals surface area contributed by atoms with Crippen molar-refractivity contribution in [2.75, 3.05) is 6.54 Å². The van der Waals surface area contributed by atoms with Gasteiger partial charge in [0, 0.05) is 18.9 Å². The van der Waals surface area contributed by atoms with Crippen molar-refractivity contribution in [1.82, 2.24) is 16.0 Å². The number of amides is 3. The third kappa shape index (κ3) is 9.31. The highest BCUT2D eigenvalue weighted by Gasteiger charge is 2.23. The largest absolute Gasteiger partial charge is 0.481 e. The average molecular weight is 419 g/mol. The molecule has 1 rings (SSSR count). The van der Waals surface area contributed by atoms with E-state index in [4.69, 9.17) is 5.11 Å². The fourth-order valence-electron chi connectivity index (χ4n) is 2.72. The van der Waals surface area contributed by atoms with Crippen LogP contribution in [0.2, 0.25) is 0 Å². The maximum Gasteiger partial charge on any atom is 0.304 e. The number of carboxylic acids is 1. The normalized spacial score (nSPS) is 13.4. The van der Waals surface area contributed by atoms with Crippen LogP contribution in [0, 0.1) is 5.92 Å². The second kappa shape index (κ2) is 13.1. The van der Waals surface area contributed by atoms with Gasteiger partial charge in [-0.25, -0.2) is 0 Å². The van der Waals surface area contributed by atoms with Gasteiger partial charge in [-0.1, -0.05) is 44.2 Å². The SMILES string of the molecule is CCC(NC(=O)C(C)CC(=O)O)C(=O)NCCC(=O)NC(C=O)Cc1ccccc1. The molecule has 0 aromatic heterocycles. The van der Waals surface area contributed by atoms with E-state index in [1.807, 2.05) is 30.3 Å². The summed E-state index contributed by atoms with van der Waals surface area (Å²) in [6, 6.07) is 7.80. The van der Waals surface area contributed by atoms with Crippen LogP contribution in [0.3, 0.4) is 0 Å². The molecule has 0 aliphatic rings. The molecule has 0 fully saturated rings. The van der Waals surface area contributed by atoms with Crippen LogP contribution >= 0.6 is 0 Å². The summed E-state index contributed by atoms with van der Waals surface area (Å²) in [7, 11) is 0. The van der Waals surface area contributed by atoms with Gasteiger partial charge in [-0.3, -0.25) is 19.2 Å². The lowest BCUT2D eigenvalue weighted by molar-refractivity contribution is -0.141.